The van der Waals surface area contributed by atoms with E-state index in [1.54, 1.807) is 0 Å². The molecule has 0 amide bonds. The first-order chi connectivity index (χ1) is 9.26. The van der Waals surface area contributed by atoms with Crippen molar-refractivity contribution in [2.75, 3.05) is 13.2 Å². The van der Waals surface area contributed by atoms with Crippen molar-refractivity contribution in [2.24, 2.45) is 5.92 Å². The molecule has 0 aromatic carbocycles. The lowest BCUT2D eigenvalue weighted by Crippen LogP contribution is -2.23. The molecule has 1 atom stereocenters. The number of aromatic nitrogens is 2. The van der Waals surface area contributed by atoms with E-state index < -0.39 is 0 Å². The van der Waals surface area contributed by atoms with Gasteiger partial charge in [-0.15, -0.1) is 0 Å². The number of nitrogens with zero attached hydrogens (tertiary/aromatic N) is 2. The highest BCUT2D eigenvalue weighted by molar-refractivity contribution is 5.48. The van der Waals surface area contributed by atoms with Crippen LogP contribution in [0.3, 0.4) is 0 Å². The van der Waals surface area contributed by atoms with Gasteiger partial charge in [-0.1, -0.05) is 19.4 Å². The third kappa shape index (κ3) is 3.33. The van der Waals surface area contributed by atoms with Crippen LogP contribution in [0.1, 0.15) is 31.0 Å². The van der Waals surface area contributed by atoms with Crippen molar-refractivity contribution in [3.05, 3.63) is 35.8 Å². The minimum absolute atomic E-state index is 0.273. The fourth-order valence-electron chi connectivity index (χ4n) is 2.37. The maximum atomic E-state index is 8.98. The van der Waals surface area contributed by atoms with Crippen molar-refractivity contribution in [2.45, 2.75) is 33.2 Å². The Hall–Kier alpha value is -1.39. The Morgan fingerprint density at radius 1 is 1.47 bits per heavy atom. The van der Waals surface area contributed by atoms with E-state index in [-0.39, 0.29) is 6.61 Å². The summed E-state index contributed by atoms with van der Waals surface area (Å²) in [5.74, 6) is 0.547. The Kier molecular flexibility index (Phi) is 4.93. The molecule has 0 fully saturated rings. The molecule has 19 heavy (non-hydrogen) atoms. The molecule has 0 saturated carbocycles. The van der Waals surface area contributed by atoms with Crippen molar-refractivity contribution in [1.82, 2.24) is 14.7 Å². The van der Waals surface area contributed by atoms with Gasteiger partial charge in [-0.05, 0) is 37.4 Å². The molecule has 4 nitrogen and oxygen atoms in total. The molecule has 0 bridgehead atoms. The second-order valence-corrected chi connectivity index (χ2v) is 5.05. The van der Waals surface area contributed by atoms with E-state index in [1.807, 2.05) is 12.3 Å². The topological polar surface area (TPSA) is 49.6 Å². The van der Waals surface area contributed by atoms with Gasteiger partial charge in [0.05, 0.1) is 11.9 Å². The van der Waals surface area contributed by atoms with Crippen LogP contribution >= 0.6 is 0 Å². The van der Waals surface area contributed by atoms with E-state index in [4.69, 9.17) is 5.11 Å². The fourth-order valence-corrected chi connectivity index (χ4v) is 2.37. The smallest absolute Gasteiger partial charge is 0.139 e. The average molecular weight is 261 g/mol. The van der Waals surface area contributed by atoms with Gasteiger partial charge < -0.3 is 14.8 Å². The van der Waals surface area contributed by atoms with Crippen molar-refractivity contribution in [1.29, 1.82) is 0 Å². The molecule has 1 unspecified atom stereocenters. The summed E-state index contributed by atoms with van der Waals surface area (Å²) in [7, 11) is 0. The van der Waals surface area contributed by atoms with Crippen molar-refractivity contribution in [3.8, 4) is 0 Å². The van der Waals surface area contributed by atoms with E-state index >= 15 is 0 Å². The van der Waals surface area contributed by atoms with Gasteiger partial charge in [0, 0.05) is 19.3 Å². The van der Waals surface area contributed by atoms with Crippen LogP contribution in [0.5, 0.6) is 0 Å². The third-order valence-corrected chi connectivity index (χ3v) is 3.66. The lowest BCUT2D eigenvalue weighted by atomic mass is 10.0. The Balaban J connectivity index is 1.97. The zero-order chi connectivity index (χ0) is 13.7. The van der Waals surface area contributed by atoms with Gasteiger partial charge in [0.1, 0.15) is 5.65 Å². The van der Waals surface area contributed by atoms with E-state index in [0.717, 1.165) is 31.6 Å². The number of rotatable bonds is 7. The summed E-state index contributed by atoms with van der Waals surface area (Å²) in [6, 6.07) is 4.13. The maximum absolute atomic E-state index is 8.98. The number of aryl methyl sites for hydroxylation is 1. The lowest BCUT2D eigenvalue weighted by Gasteiger charge is -2.14. The number of aliphatic hydroxyl groups is 1. The third-order valence-electron chi connectivity index (χ3n) is 3.66. The molecule has 0 radical (unpaired) electrons. The van der Waals surface area contributed by atoms with E-state index in [2.05, 4.69) is 40.8 Å². The number of hydrogen-bond acceptors (Lipinski definition) is 3. The molecule has 2 heterocycles. The van der Waals surface area contributed by atoms with Gasteiger partial charge in [0.15, 0.2) is 0 Å². The molecule has 2 rings (SSSR count). The Morgan fingerprint density at radius 3 is 3.05 bits per heavy atom. The van der Waals surface area contributed by atoms with Gasteiger partial charge in [-0.2, -0.15) is 0 Å². The molecule has 0 spiro atoms. The van der Waals surface area contributed by atoms with Crippen molar-refractivity contribution < 1.29 is 5.11 Å². The summed E-state index contributed by atoms with van der Waals surface area (Å²) in [6.07, 6.45) is 5.95. The zero-order valence-electron chi connectivity index (χ0n) is 11.8. The van der Waals surface area contributed by atoms with Crippen molar-refractivity contribution in [3.63, 3.8) is 0 Å². The molecular formula is C15H23N3O. The SMILES string of the molecule is CCC(CCO)CNCc1cnc2c(C)cccn12. The fraction of sp³-hybridized carbons (Fsp3) is 0.533. The minimum Gasteiger partial charge on any atom is -0.396 e. The minimum atomic E-state index is 0.273. The van der Waals surface area contributed by atoms with Crippen LogP contribution in [0.25, 0.3) is 5.65 Å². The number of fused-ring (bicyclic) bond motifs is 1. The molecule has 0 aliphatic rings. The highest BCUT2D eigenvalue weighted by Crippen LogP contribution is 2.11. The normalized spacial score (nSPS) is 13.0. The van der Waals surface area contributed by atoms with Crippen LogP contribution in [0.2, 0.25) is 0 Å². The van der Waals surface area contributed by atoms with Crippen LogP contribution in [-0.2, 0) is 6.54 Å². The first kappa shape index (κ1) is 14.0. The Morgan fingerprint density at radius 2 is 2.32 bits per heavy atom. The lowest BCUT2D eigenvalue weighted by molar-refractivity contribution is 0.251. The standard InChI is InChI=1S/C15H23N3O/c1-3-13(6-8-19)9-16-10-14-11-17-15-12(2)5-4-7-18(14)15/h4-5,7,11,13,16,19H,3,6,8-10H2,1-2H3. The molecule has 104 valence electrons. The molecule has 4 heteroatoms. The molecule has 2 N–H and O–H groups in total. The summed E-state index contributed by atoms with van der Waals surface area (Å²) in [4.78, 5) is 4.46. The monoisotopic (exact) mass is 261 g/mol. The van der Waals surface area contributed by atoms with Crippen molar-refractivity contribution >= 4 is 5.65 Å². The molecule has 0 saturated heterocycles. The number of nitrogens with one attached hydrogen (secondary N) is 1. The van der Waals surface area contributed by atoms with Gasteiger partial charge in [0.25, 0.3) is 0 Å². The van der Waals surface area contributed by atoms with Gasteiger partial charge in [-0.25, -0.2) is 4.98 Å². The molecule has 0 aliphatic carbocycles. The first-order valence-corrected chi connectivity index (χ1v) is 6.99. The number of pyridine rings is 1. The predicted molar refractivity (Wildman–Crippen MR) is 77.1 cm³/mol. The number of imidazole rings is 1. The van der Waals surface area contributed by atoms with Crippen LogP contribution in [0.15, 0.2) is 24.5 Å². The molecule has 2 aromatic heterocycles. The Bertz CT molecular complexity index is 521. The van der Waals surface area contributed by atoms with Gasteiger partial charge >= 0.3 is 0 Å². The Labute approximate surface area is 114 Å². The molecule has 0 aliphatic heterocycles. The second kappa shape index (κ2) is 6.68. The number of aliphatic hydroxyl groups excluding tert-OH is 1. The maximum Gasteiger partial charge on any atom is 0.139 e. The number of hydrogen-bond donors (Lipinski definition) is 2. The average Bonchev–Trinajstić information content (AvgIpc) is 2.83. The van der Waals surface area contributed by atoms with Gasteiger partial charge in [-0.3, -0.25) is 0 Å². The first-order valence-electron chi connectivity index (χ1n) is 6.99. The summed E-state index contributed by atoms with van der Waals surface area (Å²) in [5.41, 5.74) is 3.40. The second-order valence-electron chi connectivity index (χ2n) is 5.05. The summed E-state index contributed by atoms with van der Waals surface area (Å²) < 4.78 is 2.13. The van der Waals surface area contributed by atoms with E-state index in [0.29, 0.717) is 5.92 Å². The predicted octanol–water partition coefficient (Wildman–Crippen LogP) is 2.14. The zero-order valence-corrected chi connectivity index (χ0v) is 11.8. The molecular weight excluding hydrogens is 238 g/mol. The van der Waals surface area contributed by atoms with Crippen LogP contribution in [-0.4, -0.2) is 27.6 Å². The van der Waals surface area contributed by atoms with Crippen LogP contribution < -0.4 is 5.32 Å². The molecule has 2 aromatic rings. The van der Waals surface area contributed by atoms with E-state index in [9.17, 15) is 0 Å². The summed E-state index contributed by atoms with van der Waals surface area (Å²) in [5, 5.41) is 12.4. The quantitative estimate of drug-likeness (QED) is 0.803. The van der Waals surface area contributed by atoms with Crippen LogP contribution in [0.4, 0.5) is 0 Å². The summed E-state index contributed by atoms with van der Waals surface area (Å²) >= 11 is 0. The summed E-state index contributed by atoms with van der Waals surface area (Å²) in [6.45, 7) is 6.27. The highest BCUT2D eigenvalue weighted by atomic mass is 16.3. The van der Waals surface area contributed by atoms with Crippen LogP contribution in [0, 0.1) is 12.8 Å². The van der Waals surface area contributed by atoms with Gasteiger partial charge in [0.2, 0.25) is 0 Å². The largest absolute Gasteiger partial charge is 0.396 e. The highest BCUT2D eigenvalue weighted by Gasteiger charge is 2.07. The van der Waals surface area contributed by atoms with E-state index in [1.165, 1.54) is 11.3 Å².